The summed E-state index contributed by atoms with van der Waals surface area (Å²) < 4.78 is 38.2. The average Bonchev–Trinajstić information content (AvgIpc) is 3.46. The van der Waals surface area contributed by atoms with Gasteiger partial charge in [-0.25, -0.2) is 9.78 Å². The van der Waals surface area contributed by atoms with E-state index in [9.17, 15) is 22.8 Å². The second-order valence-electron chi connectivity index (χ2n) is 9.10. The van der Waals surface area contributed by atoms with Gasteiger partial charge in [-0.1, -0.05) is 0 Å². The number of urea groups is 1. The highest BCUT2D eigenvalue weighted by molar-refractivity contribution is 5.97. The number of likely N-dealkylation sites (tertiary alicyclic amines) is 2. The molecule has 178 valence electrons. The van der Waals surface area contributed by atoms with Crippen LogP contribution >= 0.6 is 0 Å². The number of benzene rings is 2. The maximum absolute atomic E-state index is 13.0. The second kappa shape index (κ2) is 8.34. The first-order chi connectivity index (χ1) is 16.2. The lowest BCUT2D eigenvalue weighted by Gasteiger charge is -2.39. The second-order valence-corrected chi connectivity index (χ2v) is 9.10. The van der Waals surface area contributed by atoms with E-state index in [2.05, 4.69) is 15.3 Å². The molecule has 7 nitrogen and oxygen atoms in total. The molecule has 3 aromatic rings. The van der Waals surface area contributed by atoms with Gasteiger partial charge in [0.25, 0.3) is 5.91 Å². The first-order valence-electron chi connectivity index (χ1n) is 11.2. The van der Waals surface area contributed by atoms with Gasteiger partial charge in [0.05, 0.1) is 22.9 Å². The Morgan fingerprint density at radius 3 is 2.32 bits per heavy atom. The van der Waals surface area contributed by atoms with Crippen LogP contribution in [-0.2, 0) is 6.18 Å². The molecular weight excluding hydrogens is 447 g/mol. The molecule has 0 saturated carbocycles. The standard InChI is InChI=1S/C24H24F3N5O2/c25-24(26,27)17-2-4-18(5-3-17)30-22(34)32-12-9-23(14-32)7-10-31(11-8-23)21(33)16-1-6-19-20(13-16)29-15-28-19/h1-6,13,15H,7-12,14H2,(H,28,29)(H,30,34). The third-order valence-electron chi connectivity index (χ3n) is 6.97. The molecule has 0 radical (unpaired) electrons. The Morgan fingerprint density at radius 2 is 1.65 bits per heavy atom. The normalized spacial score (nSPS) is 18.0. The average molecular weight is 471 g/mol. The molecule has 1 spiro atoms. The summed E-state index contributed by atoms with van der Waals surface area (Å²) >= 11 is 0. The Kier molecular flexibility index (Phi) is 5.45. The van der Waals surface area contributed by atoms with Crippen LogP contribution in [0, 0.1) is 5.41 Å². The molecule has 3 heterocycles. The fraction of sp³-hybridized carbons (Fsp3) is 0.375. The maximum atomic E-state index is 13.0. The molecule has 0 unspecified atom stereocenters. The summed E-state index contributed by atoms with van der Waals surface area (Å²) in [5.74, 6) is -0.0188. The molecule has 0 bridgehead atoms. The van der Waals surface area contributed by atoms with E-state index in [-0.39, 0.29) is 17.4 Å². The molecular formula is C24H24F3N5O2. The minimum atomic E-state index is -4.41. The topological polar surface area (TPSA) is 81.3 Å². The molecule has 2 saturated heterocycles. The quantitative estimate of drug-likeness (QED) is 0.567. The molecule has 2 aromatic carbocycles. The number of fused-ring (bicyclic) bond motifs is 1. The van der Waals surface area contributed by atoms with E-state index >= 15 is 0 Å². The Labute approximate surface area is 193 Å². The Balaban J connectivity index is 1.16. The summed E-state index contributed by atoms with van der Waals surface area (Å²) in [6.07, 6.45) is -0.371. The van der Waals surface area contributed by atoms with Crippen molar-refractivity contribution in [3.8, 4) is 0 Å². The van der Waals surface area contributed by atoms with Gasteiger partial charge in [0.1, 0.15) is 0 Å². The van der Waals surface area contributed by atoms with Crippen molar-refractivity contribution in [1.82, 2.24) is 19.8 Å². The number of imidazole rings is 1. The molecule has 34 heavy (non-hydrogen) atoms. The third-order valence-corrected chi connectivity index (χ3v) is 6.97. The SMILES string of the molecule is O=C(Nc1ccc(C(F)(F)F)cc1)N1CCC2(CCN(C(=O)c3ccc4[nH]cnc4c3)CC2)C1. The monoisotopic (exact) mass is 471 g/mol. The van der Waals surface area contributed by atoms with E-state index in [4.69, 9.17) is 0 Å². The van der Waals surface area contributed by atoms with Gasteiger partial charge >= 0.3 is 12.2 Å². The van der Waals surface area contributed by atoms with Crippen molar-refractivity contribution in [3.05, 3.63) is 59.9 Å². The molecule has 3 amide bonds. The molecule has 10 heteroatoms. The van der Waals surface area contributed by atoms with Crippen LogP contribution in [0.3, 0.4) is 0 Å². The number of nitrogens with one attached hydrogen (secondary N) is 2. The summed E-state index contributed by atoms with van der Waals surface area (Å²) in [6, 6.07) is 9.56. The zero-order valence-corrected chi connectivity index (χ0v) is 18.4. The van der Waals surface area contributed by atoms with Gasteiger partial charge < -0.3 is 20.1 Å². The Hall–Kier alpha value is -3.56. The summed E-state index contributed by atoms with van der Waals surface area (Å²) in [4.78, 5) is 36.4. The van der Waals surface area contributed by atoms with Crippen molar-refractivity contribution in [1.29, 1.82) is 0 Å². The summed E-state index contributed by atoms with van der Waals surface area (Å²) in [5, 5.41) is 2.69. The number of halogens is 3. The van der Waals surface area contributed by atoms with Crippen molar-refractivity contribution in [2.24, 2.45) is 5.41 Å². The van der Waals surface area contributed by atoms with Gasteiger partial charge in [-0.2, -0.15) is 13.2 Å². The highest BCUT2D eigenvalue weighted by Gasteiger charge is 2.43. The number of anilines is 1. The van der Waals surface area contributed by atoms with Gasteiger partial charge in [-0.3, -0.25) is 4.79 Å². The Bertz CT molecular complexity index is 1210. The summed E-state index contributed by atoms with van der Waals surface area (Å²) in [5.41, 5.74) is 1.78. The van der Waals surface area contributed by atoms with Gasteiger partial charge in [0.15, 0.2) is 0 Å². The zero-order valence-electron chi connectivity index (χ0n) is 18.4. The highest BCUT2D eigenvalue weighted by Crippen LogP contribution is 2.41. The molecule has 1 aromatic heterocycles. The molecule has 2 aliphatic heterocycles. The summed E-state index contributed by atoms with van der Waals surface area (Å²) in [6.45, 7) is 2.38. The van der Waals surface area contributed by atoms with E-state index in [0.717, 1.165) is 42.4 Å². The number of H-pyrrole nitrogens is 1. The van der Waals surface area contributed by atoms with E-state index in [0.29, 0.717) is 37.4 Å². The lowest BCUT2D eigenvalue weighted by molar-refractivity contribution is -0.137. The van der Waals surface area contributed by atoms with Crippen LogP contribution in [0.2, 0.25) is 0 Å². The number of nitrogens with zero attached hydrogens (tertiary/aromatic N) is 3. The first kappa shape index (κ1) is 22.2. The van der Waals surface area contributed by atoms with E-state index in [1.807, 2.05) is 11.0 Å². The van der Waals surface area contributed by atoms with Gasteiger partial charge in [-0.05, 0) is 67.1 Å². The number of alkyl halides is 3. The fourth-order valence-electron chi connectivity index (χ4n) is 4.89. The minimum Gasteiger partial charge on any atom is -0.345 e. The number of carbonyl (C=O) groups excluding carboxylic acids is 2. The van der Waals surface area contributed by atoms with Crippen molar-refractivity contribution < 1.29 is 22.8 Å². The lowest BCUT2D eigenvalue weighted by Crippen LogP contribution is -2.45. The first-order valence-corrected chi connectivity index (χ1v) is 11.2. The number of hydrogen-bond donors (Lipinski definition) is 2. The van der Waals surface area contributed by atoms with Crippen LogP contribution in [0.1, 0.15) is 35.2 Å². The van der Waals surface area contributed by atoms with Gasteiger partial charge in [-0.15, -0.1) is 0 Å². The van der Waals surface area contributed by atoms with Crippen molar-refractivity contribution in [2.45, 2.75) is 25.4 Å². The van der Waals surface area contributed by atoms with Crippen LogP contribution in [-0.4, -0.2) is 57.9 Å². The number of hydrogen-bond acceptors (Lipinski definition) is 3. The predicted octanol–water partition coefficient (Wildman–Crippen LogP) is 4.74. The van der Waals surface area contributed by atoms with Crippen molar-refractivity contribution in [2.75, 3.05) is 31.5 Å². The fourth-order valence-corrected chi connectivity index (χ4v) is 4.89. The molecule has 2 fully saturated rings. The van der Waals surface area contributed by atoms with Crippen molar-refractivity contribution in [3.63, 3.8) is 0 Å². The predicted molar refractivity (Wildman–Crippen MR) is 120 cm³/mol. The Morgan fingerprint density at radius 1 is 0.971 bits per heavy atom. The lowest BCUT2D eigenvalue weighted by atomic mass is 9.77. The number of aromatic amines is 1. The van der Waals surface area contributed by atoms with Crippen LogP contribution in [0.15, 0.2) is 48.8 Å². The largest absolute Gasteiger partial charge is 0.416 e. The van der Waals surface area contributed by atoms with Crippen LogP contribution < -0.4 is 5.32 Å². The van der Waals surface area contributed by atoms with Crippen LogP contribution in [0.4, 0.5) is 23.7 Å². The van der Waals surface area contributed by atoms with Crippen LogP contribution in [0.25, 0.3) is 11.0 Å². The van der Waals surface area contributed by atoms with E-state index < -0.39 is 11.7 Å². The van der Waals surface area contributed by atoms with Gasteiger partial charge in [0, 0.05) is 37.4 Å². The number of aromatic nitrogens is 2. The minimum absolute atomic E-state index is 0.0188. The molecule has 2 aliphatic rings. The van der Waals surface area contributed by atoms with E-state index in [1.165, 1.54) is 12.1 Å². The highest BCUT2D eigenvalue weighted by atomic mass is 19.4. The number of amides is 3. The maximum Gasteiger partial charge on any atom is 0.416 e. The molecule has 0 aliphatic carbocycles. The smallest absolute Gasteiger partial charge is 0.345 e. The summed E-state index contributed by atoms with van der Waals surface area (Å²) in [7, 11) is 0. The third kappa shape index (κ3) is 4.32. The number of carbonyl (C=O) groups is 2. The molecule has 5 rings (SSSR count). The van der Waals surface area contributed by atoms with Crippen molar-refractivity contribution >= 4 is 28.7 Å². The number of rotatable bonds is 2. The van der Waals surface area contributed by atoms with Gasteiger partial charge in [0.2, 0.25) is 0 Å². The zero-order chi connectivity index (χ0) is 23.9. The molecule has 0 atom stereocenters. The number of piperidine rings is 1. The van der Waals surface area contributed by atoms with E-state index in [1.54, 1.807) is 23.4 Å². The van der Waals surface area contributed by atoms with Crippen LogP contribution in [0.5, 0.6) is 0 Å². The molecule has 2 N–H and O–H groups in total.